The number of hydrogen-bond donors (Lipinski definition) is 1. The summed E-state index contributed by atoms with van der Waals surface area (Å²) in [6.07, 6.45) is 1.67. The van der Waals surface area contributed by atoms with Crippen LogP contribution in [0.25, 0.3) is 11.2 Å². The quantitative estimate of drug-likeness (QED) is 0.498. The molecular weight excluding hydrogens is 440 g/mol. The predicted molar refractivity (Wildman–Crippen MR) is 126 cm³/mol. The fraction of sp³-hybridized carbons (Fsp3) is 0.261. The van der Waals surface area contributed by atoms with E-state index in [1.165, 1.54) is 4.52 Å². The van der Waals surface area contributed by atoms with Crippen LogP contribution in [0.2, 0.25) is 5.02 Å². The molecule has 166 valence electrons. The summed E-state index contributed by atoms with van der Waals surface area (Å²) in [5.41, 5.74) is 7.20. The van der Waals surface area contributed by atoms with E-state index in [1.807, 2.05) is 35.2 Å². The van der Waals surface area contributed by atoms with Crippen LogP contribution in [-0.4, -0.2) is 30.7 Å². The molecular formula is C23H21ClN8O. The van der Waals surface area contributed by atoms with Crippen LogP contribution in [0.3, 0.4) is 0 Å². The van der Waals surface area contributed by atoms with Crippen molar-refractivity contribution in [2.75, 3.05) is 17.2 Å². The minimum atomic E-state index is -0.364. The molecule has 10 heteroatoms. The van der Waals surface area contributed by atoms with Crippen LogP contribution in [0.1, 0.15) is 37.0 Å². The van der Waals surface area contributed by atoms with Crippen LogP contribution in [0.5, 0.6) is 0 Å². The van der Waals surface area contributed by atoms with Gasteiger partial charge in [0.05, 0.1) is 22.4 Å². The molecule has 1 atom stereocenters. The van der Waals surface area contributed by atoms with Crippen molar-refractivity contribution in [3.63, 3.8) is 0 Å². The topological polar surface area (TPSA) is 118 Å². The Balaban J connectivity index is 1.80. The third-order valence-electron chi connectivity index (χ3n) is 6.02. The Morgan fingerprint density at radius 3 is 2.61 bits per heavy atom. The van der Waals surface area contributed by atoms with E-state index in [4.69, 9.17) is 22.4 Å². The third kappa shape index (κ3) is 3.14. The number of fused-ring (bicyclic) bond motifs is 1. The summed E-state index contributed by atoms with van der Waals surface area (Å²) in [6.45, 7) is 6.50. The number of halogens is 1. The van der Waals surface area contributed by atoms with Crippen molar-refractivity contribution in [2.45, 2.75) is 26.8 Å². The van der Waals surface area contributed by atoms with Crippen molar-refractivity contribution in [3.8, 4) is 11.8 Å². The molecule has 0 aliphatic carbocycles. The lowest BCUT2D eigenvalue weighted by molar-refractivity contribution is 0.166. The molecule has 3 aromatic heterocycles. The summed E-state index contributed by atoms with van der Waals surface area (Å²) in [5.74, 6) is 1.04. The second-order valence-corrected chi connectivity index (χ2v) is 9.20. The molecule has 9 nitrogen and oxygen atoms in total. The van der Waals surface area contributed by atoms with Gasteiger partial charge in [0.15, 0.2) is 11.6 Å². The van der Waals surface area contributed by atoms with Gasteiger partial charge >= 0.3 is 0 Å². The molecule has 1 aliphatic heterocycles. The normalized spacial score (nSPS) is 17.1. The Morgan fingerprint density at radius 2 is 1.94 bits per heavy atom. The van der Waals surface area contributed by atoms with Crippen molar-refractivity contribution >= 4 is 28.9 Å². The zero-order chi connectivity index (χ0) is 23.5. The molecule has 5 rings (SSSR count). The molecule has 1 aromatic carbocycles. The van der Waals surface area contributed by atoms with E-state index in [9.17, 15) is 10.1 Å². The van der Waals surface area contributed by atoms with E-state index in [-0.39, 0.29) is 23.0 Å². The largest absolute Gasteiger partial charge is 0.368 e. The Hall–Kier alpha value is -3.90. The number of nitrogens with zero attached hydrogens (tertiary/aromatic N) is 7. The number of aromatic nitrogens is 5. The molecule has 33 heavy (non-hydrogen) atoms. The SMILES string of the molecule is Cc1nc(N)nc(N2CC(C)(C)[C@H]2c2nn3ccc(Cl)c3c(=O)n2-c2ccccc2)c1C#N. The number of hydrogen-bond acceptors (Lipinski definition) is 7. The zero-order valence-corrected chi connectivity index (χ0v) is 19.1. The van der Waals surface area contributed by atoms with Crippen LogP contribution >= 0.6 is 11.6 Å². The summed E-state index contributed by atoms with van der Waals surface area (Å²) < 4.78 is 3.10. The number of nitriles is 1. The first-order chi connectivity index (χ1) is 15.7. The highest BCUT2D eigenvalue weighted by molar-refractivity contribution is 6.33. The van der Waals surface area contributed by atoms with E-state index in [2.05, 4.69) is 29.9 Å². The van der Waals surface area contributed by atoms with Crippen molar-refractivity contribution < 1.29 is 0 Å². The van der Waals surface area contributed by atoms with E-state index in [0.717, 1.165) is 0 Å². The zero-order valence-electron chi connectivity index (χ0n) is 18.3. The van der Waals surface area contributed by atoms with Crippen LogP contribution in [-0.2, 0) is 0 Å². The van der Waals surface area contributed by atoms with Gasteiger partial charge in [0, 0.05) is 18.2 Å². The first kappa shape index (κ1) is 21.0. The van der Waals surface area contributed by atoms with Gasteiger partial charge in [0.1, 0.15) is 17.1 Å². The highest BCUT2D eigenvalue weighted by atomic mass is 35.5. The summed E-state index contributed by atoms with van der Waals surface area (Å²) >= 11 is 6.32. The third-order valence-corrected chi connectivity index (χ3v) is 6.33. The summed E-state index contributed by atoms with van der Waals surface area (Å²) in [7, 11) is 0. The van der Waals surface area contributed by atoms with Crippen molar-refractivity contribution in [1.82, 2.24) is 24.1 Å². The van der Waals surface area contributed by atoms with Gasteiger partial charge in [-0.15, -0.1) is 0 Å². The standard InChI is InChI=1S/C23H21ClN8O/c1-13-15(11-25)19(28-22(26)27-13)30-12-23(2,3)18(30)20-29-31-10-9-16(24)17(31)21(33)32(20)14-7-5-4-6-8-14/h4-10,18H,12H2,1-3H3,(H2,26,27,28)/t18-/m1/s1. The van der Waals surface area contributed by atoms with Gasteiger partial charge in [-0.2, -0.15) is 15.3 Å². The second-order valence-electron chi connectivity index (χ2n) is 8.79. The molecule has 4 heterocycles. The van der Waals surface area contributed by atoms with Crippen LogP contribution in [0, 0.1) is 23.7 Å². The van der Waals surface area contributed by atoms with E-state index >= 15 is 0 Å². The monoisotopic (exact) mass is 460 g/mol. The average molecular weight is 461 g/mol. The molecule has 1 fully saturated rings. The van der Waals surface area contributed by atoms with Crippen molar-refractivity contribution in [2.24, 2.45) is 5.41 Å². The highest BCUT2D eigenvalue weighted by Crippen LogP contribution is 2.50. The number of nitrogens with two attached hydrogens (primary N) is 1. The Labute approximate surface area is 194 Å². The summed E-state index contributed by atoms with van der Waals surface area (Å²) in [4.78, 5) is 24.1. The minimum Gasteiger partial charge on any atom is -0.368 e. The molecule has 4 aromatic rings. The molecule has 2 N–H and O–H groups in total. The van der Waals surface area contributed by atoms with E-state index in [0.29, 0.717) is 45.7 Å². The number of anilines is 2. The maximum atomic E-state index is 13.7. The summed E-state index contributed by atoms with van der Waals surface area (Å²) in [6, 6.07) is 12.8. The lowest BCUT2D eigenvalue weighted by Gasteiger charge is -2.54. The van der Waals surface area contributed by atoms with Crippen molar-refractivity contribution in [1.29, 1.82) is 5.26 Å². The lowest BCUT2D eigenvalue weighted by Crippen LogP contribution is -2.58. The predicted octanol–water partition coefficient (Wildman–Crippen LogP) is 3.28. The molecule has 0 spiro atoms. The van der Waals surface area contributed by atoms with Crippen LogP contribution in [0.15, 0.2) is 47.4 Å². The summed E-state index contributed by atoms with van der Waals surface area (Å²) in [5, 5.41) is 14.9. The number of aryl methyl sites for hydroxylation is 1. The second kappa shape index (κ2) is 7.32. The molecule has 0 bridgehead atoms. The molecule has 0 saturated carbocycles. The number of para-hydroxylation sites is 1. The van der Waals surface area contributed by atoms with E-state index < -0.39 is 0 Å². The Kier molecular flexibility index (Phi) is 4.65. The number of nitrogen functional groups attached to an aromatic ring is 1. The van der Waals surface area contributed by atoms with Gasteiger partial charge in [0.2, 0.25) is 5.95 Å². The van der Waals surface area contributed by atoms with Gasteiger partial charge in [-0.25, -0.2) is 9.50 Å². The first-order valence-electron chi connectivity index (χ1n) is 10.4. The molecule has 0 unspecified atom stereocenters. The first-order valence-corrected chi connectivity index (χ1v) is 10.8. The van der Waals surface area contributed by atoms with E-state index in [1.54, 1.807) is 23.8 Å². The van der Waals surface area contributed by atoms with Gasteiger partial charge < -0.3 is 10.6 Å². The minimum absolute atomic E-state index is 0.0889. The maximum absolute atomic E-state index is 13.7. The fourth-order valence-electron chi connectivity index (χ4n) is 4.58. The van der Waals surface area contributed by atoms with Gasteiger partial charge in [-0.05, 0) is 25.1 Å². The number of benzene rings is 1. The molecule has 1 saturated heterocycles. The molecule has 0 radical (unpaired) electrons. The molecule has 0 amide bonds. The lowest BCUT2D eigenvalue weighted by atomic mass is 9.74. The smallest absolute Gasteiger partial charge is 0.284 e. The maximum Gasteiger partial charge on any atom is 0.284 e. The van der Waals surface area contributed by atoms with Gasteiger partial charge in [-0.3, -0.25) is 9.36 Å². The highest BCUT2D eigenvalue weighted by Gasteiger charge is 2.51. The number of rotatable bonds is 3. The van der Waals surface area contributed by atoms with Crippen LogP contribution in [0.4, 0.5) is 11.8 Å². The average Bonchev–Trinajstić information content (AvgIpc) is 3.13. The Morgan fingerprint density at radius 1 is 1.21 bits per heavy atom. The van der Waals surface area contributed by atoms with Crippen LogP contribution < -0.4 is 16.2 Å². The fourth-order valence-corrected chi connectivity index (χ4v) is 4.80. The Bertz CT molecular complexity index is 1500. The molecule has 1 aliphatic rings. The van der Waals surface area contributed by atoms with Crippen molar-refractivity contribution in [3.05, 3.63) is 75.1 Å². The van der Waals surface area contributed by atoms with Gasteiger partial charge in [-0.1, -0.05) is 43.6 Å². The van der Waals surface area contributed by atoms with Gasteiger partial charge in [0.25, 0.3) is 5.56 Å².